The van der Waals surface area contributed by atoms with Crippen molar-refractivity contribution >= 4 is 29.5 Å². The number of phenols is 1. The van der Waals surface area contributed by atoms with E-state index in [4.69, 9.17) is 9.57 Å². The lowest BCUT2D eigenvalue weighted by molar-refractivity contribution is -0.186. The molecule has 0 radical (unpaired) electrons. The predicted octanol–water partition coefficient (Wildman–Crippen LogP) is 2.04. The number of β-lactam (4-membered cyclic amide) rings is 1. The Hall–Kier alpha value is -2.68. The highest BCUT2D eigenvalue weighted by Crippen LogP contribution is 2.39. The summed E-state index contributed by atoms with van der Waals surface area (Å²) in [7, 11) is 0. The molecular weight excluding hydrogens is 384 g/mol. The zero-order valence-electron chi connectivity index (χ0n) is 16.0. The van der Waals surface area contributed by atoms with E-state index in [9.17, 15) is 19.5 Å². The minimum Gasteiger partial charge on any atom is -0.508 e. The number of nitrogens with zero attached hydrogens (tertiary/aromatic N) is 2. The Balaban J connectivity index is 1.73. The molecule has 1 aromatic rings. The smallest absolute Gasteiger partial charge is 0.336 e. The molecule has 2 amide bonds. The first-order chi connectivity index (χ1) is 13.1. The number of aromatic hydroxyl groups is 1. The maximum Gasteiger partial charge on any atom is 0.336 e. The molecule has 1 N–H and O–H groups in total. The van der Waals surface area contributed by atoms with Gasteiger partial charge in [0.05, 0.1) is 5.57 Å². The number of carbonyl (C=O) groups excluding carboxylic acids is 3. The number of thioether (sulfide) groups is 1. The van der Waals surface area contributed by atoms with Gasteiger partial charge in [0.1, 0.15) is 16.7 Å². The van der Waals surface area contributed by atoms with E-state index in [1.165, 1.54) is 54.1 Å². The van der Waals surface area contributed by atoms with Crippen LogP contribution in [0.1, 0.15) is 27.7 Å². The Morgan fingerprint density at radius 2 is 1.89 bits per heavy atom. The number of hydroxylamine groups is 2. The van der Waals surface area contributed by atoms with Crippen molar-refractivity contribution in [2.24, 2.45) is 0 Å². The summed E-state index contributed by atoms with van der Waals surface area (Å²) >= 11 is 1.37. The minimum atomic E-state index is -0.798. The van der Waals surface area contributed by atoms with Gasteiger partial charge < -0.3 is 19.6 Å². The molecule has 0 saturated carbocycles. The van der Waals surface area contributed by atoms with Crippen molar-refractivity contribution in [3.63, 3.8) is 0 Å². The van der Waals surface area contributed by atoms with Gasteiger partial charge in [0, 0.05) is 18.9 Å². The number of hydrogen-bond donors (Lipinski definition) is 1. The second-order valence-corrected chi connectivity index (χ2v) is 8.58. The molecular formula is C19H22N2O6S. The summed E-state index contributed by atoms with van der Waals surface area (Å²) < 4.78 is 5.35. The third-order valence-electron chi connectivity index (χ3n) is 4.02. The van der Waals surface area contributed by atoms with Crippen LogP contribution in [0.2, 0.25) is 0 Å². The highest BCUT2D eigenvalue weighted by atomic mass is 32.2. The van der Waals surface area contributed by atoms with Crippen molar-refractivity contribution in [3.8, 4) is 11.5 Å². The fourth-order valence-corrected chi connectivity index (χ4v) is 4.05. The summed E-state index contributed by atoms with van der Waals surface area (Å²) in [6, 6.07) is 5.05. The van der Waals surface area contributed by atoms with Gasteiger partial charge in [-0.1, -0.05) is 0 Å². The van der Waals surface area contributed by atoms with E-state index >= 15 is 0 Å². The van der Waals surface area contributed by atoms with Gasteiger partial charge in [-0.3, -0.25) is 9.59 Å². The van der Waals surface area contributed by atoms with Crippen molar-refractivity contribution in [2.45, 2.75) is 44.7 Å². The lowest BCUT2D eigenvalue weighted by Crippen LogP contribution is -2.70. The van der Waals surface area contributed by atoms with Gasteiger partial charge in [-0.15, -0.1) is 11.8 Å². The topological polar surface area (TPSA) is 96.4 Å². The van der Waals surface area contributed by atoms with Crippen LogP contribution >= 0.6 is 11.8 Å². The van der Waals surface area contributed by atoms with Gasteiger partial charge in [-0.25, -0.2) is 4.79 Å². The predicted molar refractivity (Wildman–Crippen MR) is 102 cm³/mol. The first-order valence-electron chi connectivity index (χ1n) is 8.71. The van der Waals surface area contributed by atoms with Crippen molar-refractivity contribution in [3.05, 3.63) is 36.0 Å². The molecule has 0 aromatic heterocycles. The molecule has 0 bridgehead atoms. The molecule has 2 aliphatic rings. The quantitative estimate of drug-likeness (QED) is 0.464. The number of benzene rings is 1. The molecule has 9 heteroatoms. The molecule has 8 nitrogen and oxygen atoms in total. The standard InChI is InChI=1S/C19H22N2O6S/c1-11(22)21(27-14-7-5-13(23)6-8-14)15-16(24)20-9-12(10-28-17(15)20)18(25)26-19(2,3)4/h5-9,15,17,23H,10H2,1-4H3/t15?,17-/m1/s1. The van der Waals surface area contributed by atoms with Gasteiger partial charge in [0.15, 0.2) is 11.8 Å². The molecule has 1 fully saturated rings. The normalized spacial score (nSPS) is 21.2. The first kappa shape index (κ1) is 20.1. The maximum atomic E-state index is 12.6. The van der Waals surface area contributed by atoms with Crippen LogP contribution < -0.4 is 4.84 Å². The van der Waals surface area contributed by atoms with Gasteiger partial charge in [0.2, 0.25) is 0 Å². The monoisotopic (exact) mass is 406 g/mol. The Labute approximate surface area is 167 Å². The van der Waals surface area contributed by atoms with Crippen molar-refractivity contribution in [1.29, 1.82) is 0 Å². The second kappa shape index (κ2) is 7.38. The number of fused-ring (bicyclic) bond motifs is 1. The fraction of sp³-hybridized carbons (Fsp3) is 0.421. The van der Waals surface area contributed by atoms with E-state index in [0.717, 1.165) is 5.06 Å². The number of amides is 2. The summed E-state index contributed by atoms with van der Waals surface area (Å²) in [5.74, 6) is -0.468. The van der Waals surface area contributed by atoms with Gasteiger partial charge in [-0.05, 0) is 45.0 Å². The molecule has 0 spiro atoms. The molecule has 2 heterocycles. The second-order valence-electron chi connectivity index (χ2n) is 7.48. The van der Waals surface area contributed by atoms with Crippen molar-refractivity contribution in [1.82, 2.24) is 9.96 Å². The van der Waals surface area contributed by atoms with Crippen LogP contribution in [-0.2, 0) is 19.1 Å². The summed E-state index contributed by atoms with van der Waals surface area (Å²) in [5, 5.41) is 10.0. The van der Waals surface area contributed by atoms with Crippen LogP contribution in [0.5, 0.6) is 11.5 Å². The van der Waals surface area contributed by atoms with Crippen LogP contribution in [0.15, 0.2) is 36.0 Å². The molecule has 1 unspecified atom stereocenters. The highest BCUT2D eigenvalue weighted by Gasteiger charge is 2.54. The van der Waals surface area contributed by atoms with E-state index in [0.29, 0.717) is 17.1 Å². The Morgan fingerprint density at radius 3 is 2.46 bits per heavy atom. The van der Waals surface area contributed by atoms with Gasteiger partial charge >= 0.3 is 5.97 Å². The number of carbonyl (C=O) groups is 3. The molecule has 3 rings (SSSR count). The third-order valence-corrected chi connectivity index (χ3v) is 5.32. The van der Waals surface area contributed by atoms with Crippen LogP contribution in [-0.4, -0.2) is 55.6 Å². The van der Waals surface area contributed by atoms with Gasteiger partial charge in [-0.2, -0.15) is 5.06 Å². The first-order valence-corrected chi connectivity index (χ1v) is 9.76. The molecule has 2 aliphatic heterocycles. The molecule has 1 aromatic carbocycles. The average molecular weight is 406 g/mol. The summed E-state index contributed by atoms with van der Waals surface area (Å²) in [6.07, 6.45) is 1.49. The SMILES string of the molecule is CC(=O)N(Oc1ccc(O)cc1)C1C(=O)N2C=C(C(=O)OC(C)(C)C)CS[C@H]12. The zero-order chi connectivity index (χ0) is 20.6. The number of rotatable bonds is 4. The Kier molecular flexibility index (Phi) is 5.29. The number of esters is 1. The summed E-state index contributed by atoms with van der Waals surface area (Å²) in [5.41, 5.74) is -0.221. The van der Waals surface area contributed by atoms with Crippen molar-refractivity contribution < 1.29 is 29.1 Å². The lowest BCUT2D eigenvalue weighted by Gasteiger charge is -2.49. The maximum absolute atomic E-state index is 12.6. The molecule has 2 atom stereocenters. The van der Waals surface area contributed by atoms with E-state index in [2.05, 4.69) is 0 Å². The molecule has 0 aliphatic carbocycles. The molecule has 150 valence electrons. The highest BCUT2D eigenvalue weighted by molar-refractivity contribution is 8.00. The number of phenolic OH excluding ortho intramolecular Hbond substituents is 1. The third kappa shape index (κ3) is 4.09. The van der Waals surface area contributed by atoms with E-state index in [1.807, 2.05) is 0 Å². The van der Waals surface area contributed by atoms with E-state index < -0.39 is 23.5 Å². The number of ether oxygens (including phenoxy) is 1. The largest absolute Gasteiger partial charge is 0.508 e. The number of hydrogen-bond acceptors (Lipinski definition) is 7. The van der Waals surface area contributed by atoms with Crippen LogP contribution in [0.4, 0.5) is 0 Å². The summed E-state index contributed by atoms with van der Waals surface area (Å²) in [4.78, 5) is 44.0. The van der Waals surface area contributed by atoms with Crippen LogP contribution in [0.3, 0.4) is 0 Å². The lowest BCUT2D eigenvalue weighted by atomic mass is 10.1. The van der Waals surface area contributed by atoms with E-state index in [-0.39, 0.29) is 17.0 Å². The van der Waals surface area contributed by atoms with Crippen molar-refractivity contribution in [2.75, 3.05) is 5.75 Å². The minimum absolute atomic E-state index is 0.0651. The molecule has 28 heavy (non-hydrogen) atoms. The van der Waals surface area contributed by atoms with E-state index in [1.54, 1.807) is 20.8 Å². The van der Waals surface area contributed by atoms with Crippen LogP contribution in [0.25, 0.3) is 0 Å². The average Bonchev–Trinajstić information content (AvgIpc) is 2.60. The van der Waals surface area contributed by atoms with Crippen LogP contribution in [0, 0.1) is 0 Å². The molecule has 1 saturated heterocycles. The zero-order valence-corrected chi connectivity index (χ0v) is 16.9. The summed E-state index contributed by atoms with van der Waals surface area (Å²) in [6.45, 7) is 6.65. The Bertz CT molecular complexity index is 830. The van der Waals surface area contributed by atoms with Gasteiger partial charge in [0.25, 0.3) is 11.8 Å². The fourth-order valence-electron chi connectivity index (χ4n) is 2.77. The Morgan fingerprint density at radius 1 is 1.25 bits per heavy atom.